The topological polar surface area (TPSA) is 116 Å². The first-order chi connectivity index (χ1) is 13.0. The number of carbonyl (C=O) groups is 2. The molecule has 0 spiro atoms. The summed E-state index contributed by atoms with van der Waals surface area (Å²) in [5.74, 6) is 0.976. The summed E-state index contributed by atoms with van der Waals surface area (Å²) < 4.78 is 7.28. The van der Waals surface area contributed by atoms with E-state index in [0.717, 1.165) is 11.3 Å². The number of amides is 2. The van der Waals surface area contributed by atoms with Gasteiger partial charge < -0.3 is 20.0 Å². The van der Waals surface area contributed by atoms with Gasteiger partial charge in [-0.05, 0) is 44.2 Å². The number of rotatable bonds is 7. The lowest BCUT2D eigenvalue weighted by Gasteiger charge is -2.07. The average Bonchev–Trinajstić information content (AvgIpc) is 3.25. The van der Waals surface area contributed by atoms with E-state index in [9.17, 15) is 9.59 Å². The van der Waals surface area contributed by atoms with Crippen LogP contribution < -0.4 is 11.1 Å². The zero-order valence-corrected chi connectivity index (χ0v) is 15.7. The molecule has 0 aliphatic rings. The van der Waals surface area contributed by atoms with E-state index < -0.39 is 5.91 Å². The first kappa shape index (κ1) is 18.7. The summed E-state index contributed by atoms with van der Waals surface area (Å²) in [6.07, 6.45) is 1.61. The Kier molecular flexibility index (Phi) is 5.60. The summed E-state index contributed by atoms with van der Waals surface area (Å²) in [6.45, 7) is 4.53. The highest BCUT2D eigenvalue weighted by molar-refractivity contribution is 7.99. The molecule has 0 fully saturated rings. The van der Waals surface area contributed by atoms with Gasteiger partial charge in [0.25, 0.3) is 0 Å². The van der Waals surface area contributed by atoms with Gasteiger partial charge in [0.15, 0.2) is 11.0 Å². The molecular formula is C18H19N5O3S. The Morgan fingerprint density at radius 3 is 2.56 bits per heavy atom. The van der Waals surface area contributed by atoms with E-state index in [1.807, 2.05) is 24.5 Å². The number of thioether (sulfide) groups is 1. The van der Waals surface area contributed by atoms with Gasteiger partial charge >= 0.3 is 0 Å². The summed E-state index contributed by atoms with van der Waals surface area (Å²) in [5.41, 5.74) is 7.07. The molecule has 0 saturated carbocycles. The van der Waals surface area contributed by atoms with E-state index >= 15 is 0 Å². The molecule has 1 aromatic carbocycles. The molecule has 2 aromatic heterocycles. The number of furan rings is 1. The van der Waals surface area contributed by atoms with Crippen LogP contribution in [0, 0.1) is 6.92 Å². The number of nitrogens with zero attached hydrogens (tertiary/aromatic N) is 3. The minimum Gasteiger partial charge on any atom is -0.469 e. The van der Waals surface area contributed by atoms with Crippen molar-refractivity contribution < 1.29 is 14.0 Å². The van der Waals surface area contributed by atoms with Gasteiger partial charge in [0.05, 0.1) is 17.6 Å². The van der Waals surface area contributed by atoms with Crippen LogP contribution in [0.1, 0.15) is 23.0 Å². The third kappa shape index (κ3) is 4.20. The Hall–Kier alpha value is -3.07. The van der Waals surface area contributed by atoms with Crippen molar-refractivity contribution in [1.82, 2.24) is 14.8 Å². The highest BCUT2D eigenvalue weighted by Crippen LogP contribution is 2.27. The highest BCUT2D eigenvalue weighted by Gasteiger charge is 2.17. The highest BCUT2D eigenvalue weighted by atomic mass is 32.2. The monoisotopic (exact) mass is 385 g/mol. The first-order valence-corrected chi connectivity index (χ1v) is 9.28. The van der Waals surface area contributed by atoms with Crippen molar-refractivity contribution in [3.8, 4) is 11.4 Å². The van der Waals surface area contributed by atoms with Gasteiger partial charge in [-0.15, -0.1) is 10.2 Å². The van der Waals surface area contributed by atoms with E-state index in [1.165, 1.54) is 11.8 Å². The number of primary amides is 1. The number of aryl methyl sites for hydroxylation is 1. The van der Waals surface area contributed by atoms with Gasteiger partial charge in [-0.1, -0.05) is 11.8 Å². The summed E-state index contributed by atoms with van der Waals surface area (Å²) in [6, 6.07) is 8.26. The first-order valence-electron chi connectivity index (χ1n) is 8.29. The second kappa shape index (κ2) is 8.09. The van der Waals surface area contributed by atoms with Gasteiger partial charge in [0, 0.05) is 17.8 Å². The lowest BCUT2D eigenvalue weighted by atomic mass is 10.2. The molecular weight excluding hydrogens is 366 g/mol. The second-order valence-electron chi connectivity index (χ2n) is 5.72. The van der Waals surface area contributed by atoms with Gasteiger partial charge in [-0.3, -0.25) is 9.59 Å². The largest absolute Gasteiger partial charge is 0.469 e. The molecule has 2 heterocycles. The van der Waals surface area contributed by atoms with Crippen molar-refractivity contribution in [1.29, 1.82) is 0 Å². The van der Waals surface area contributed by atoms with Crippen LogP contribution in [0.5, 0.6) is 0 Å². The average molecular weight is 385 g/mol. The maximum Gasteiger partial charge on any atom is 0.248 e. The molecule has 0 saturated heterocycles. The fourth-order valence-electron chi connectivity index (χ4n) is 2.54. The lowest BCUT2D eigenvalue weighted by molar-refractivity contribution is -0.113. The van der Waals surface area contributed by atoms with Gasteiger partial charge in [-0.25, -0.2) is 0 Å². The molecule has 0 aliphatic heterocycles. The zero-order chi connectivity index (χ0) is 19.4. The number of hydrogen-bond acceptors (Lipinski definition) is 6. The molecule has 0 bridgehead atoms. The molecule has 2 amide bonds. The number of nitrogens with two attached hydrogens (primary N) is 1. The molecule has 0 atom stereocenters. The van der Waals surface area contributed by atoms with E-state index in [0.29, 0.717) is 28.8 Å². The maximum absolute atomic E-state index is 12.2. The molecule has 9 heteroatoms. The Morgan fingerprint density at radius 1 is 1.22 bits per heavy atom. The molecule has 3 N–H and O–H groups in total. The van der Waals surface area contributed by atoms with Crippen LogP contribution in [-0.2, 0) is 11.3 Å². The van der Waals surface area contributed by atoms with E-state index in [4.69, 9.17) is 10.2 Å². The smallest absolute Gasteiger partial charge is 0.248 e. The number of benzene rings is 1. The molecule has 0 aliphatic carbocycles. The Balaban J connectivity index is 1.64. The third-order valence-electron chi connectivity index (χ3n) is 3.92. The Morgan fingerprint density at radius 2 is 1.96 bits per heavy atom. The van der Waals surface area contributed by atoms with Crippen LogP contribution in [0.2, 0.25) is 0 Å². The van der Waals surface area contributed by atoms with Crippen LogP contribution >= 0.6 is 11.8 Å². The van der Waals surface area contributed by atoms with Crippen LogP contribution in [0.15, 0.2) is 46.2 Å². The number of carbonyl (C=O) groups excluding carboxylic acids is 2. The number of anilines is 1. The zero-order valence-electron chi connectivity index (χ0n) is 14.9. The van der Waals surface area contributed by atoms with Crippen molar-refractivity contribution in [2.24, 2.45) is 5.73 Å². The summed E-state index contributed by atoms with van der Waals surface area (Å²) in [7, 11) is 0. The summed E-state index contributed by atoms with van der Waals surface area (Å²) >= 11 is 1.30. The van der Waals surface area contributed by atoms with Crippen LogP contribution in [0.3, 0.4) is 0 Å². The fourth-order valence-corrected chi connectivity index (χ4v) is 3.34. The normalized spacial score (nSPS) is 10.7. The van der Waals surface area contributed by atoms with E-state index in [-0.39, 0.29) is 11.7 Å². The summed E-state index contributed by atoms with van der Waals surface area (Å²) in [5, 5.41) is 11.9. The molecule has 8 nitrogen and oxygen atoms in total. The molecule has 27 heavy (non-hydrogen) atoms. The summed E-state index contributed by atoms with van der Waals surface area (Å²) in [4.78, 5) is 23.3. The van der Waals surface area contributed by atoms with E-state index in [1.54, 1.807) is 30.5 Å². The fraction of sp³-hybridized carbons (Fsp3) is 0.222. The second-order valence-corrected chi connectivity index (χ2v) is 6.66. The predicted octanol–water partition coefficient (Wildman–Crippen LogP) is 2.70. The molecule has 3 aromatic rings. The van der Waals surface area contributed by atoms with Gasteiger partial charge in [0.1, 0.15) is 5.76 Å². The van der Waals surface area contributed by atoms with Crippen molar-refractivity contribution in [3.63, 3.8) is 0 Å². The molecule has 3 rings (SSSR count). The quantitative estimate of drug-likeness (QED) is 0.604. The van der Waals surface area contributed by atoms with Crippen molar-refractivity contribution in [3.05, 3.63) is 47.9 Å². The SMILES string of the molecule is CCn1c(SCC(=O)Nc2ccc(C(N)=O)cc2)nnc1-c1ccoc1C. The lowest BCUT2D eigenvalue weighted by Crippen LogP contribution is -2.15. The predicted molar refractivity (Wildman–Crippen MR) is 102 cm³/mol. The minimum absolute atomic E-state index is 0.181. The van der Waals surface area contributed by atoms with E-state index in [2.05, 4.69) is 15.5 Å². The third-order valence-corrected chi connectivity index (χ3v) is 4.89. The van der Waals surface area contributed by atoms with Crippen LogP contribution in [0.4, 0.5) is 5.69 Å². The molecule has 0 radical (unpaired) electrons. The minimum atomic E-state index is -0.508. The molecule has 0 unspecified atom stereocenters. The Labute approximate surface area is 160 Å². The van der Waals surface area contributed by atoms with Gasteiger partial charge in [0.2, 0.25) is 11.8 Å². The molecule has 140 valence electrons. The van der Waals surface area contributed by atoms with Crippen LogP contribution in [-0.4, -0.2) is 32.3 Å². The maximum atomic E-state index is 12.2. The van der Waals surface area contributed by atoms with Crippen molar-refractivity contribution >= 4 is 29.3 Å². The standard InChI is InChI=1S/C18H19N5O3S/c1-3-23-17(14-8-9-26-11(14)2)21-22-18(23)27-10-15(24)20-13-6-4-12(5-7-13)16(19)25/h4-9H,3,10H2,1-2H3,(H2,19,25)(H,20,24). The van der Waals surface area contributed by atoms with Gasteiger partial charge in [-0.2, -0.15) is 0 Å². The number of nitrogens with one attached hydrogen (secondary N) is 1. The van der Waals surface area contributed by atoms with Crippen LogP contribution in [0.25, 0.3) is 11.4 Å². The number of aromatic nitrogens is 3. The number of hydrogen-bond donors (Lipinski definition) is 2. The van der Waals surface area contributed by atoms with Crippen molar-refractivity contribution in [2.45, 2.75) is 25.5 Å². The van der Waals surface area contributed by atoms with Crippen molar-refractivity contribution in [2.75, 3.05) is 11.1 Å². The Bertz CT molecular complexity index is 962.